The van der Waals surface area contributed by atoms with Crippen molar-refractivity contribution >= 4 is 18.0 Å². The van der Waals surface area contributed by atoms with Gasteiger partial charge in [0.1, 0.15) is 5.75 Å². The summed E-state index contributed by atoms with van der Waals surface area (Å²) in [6, 6.07) is 7.29. The first-order valence-corrected chi connectivity index (χ1v) is 6.80. The van der Waals surface area contributed by atoms with Gasteiger partial charge in [-0.15, -0.1) is 0 Å². The molecule has 7 heteroatoms. The third-order valence-electron chi connectivity index (χ3n) is 2.66. The first-order valence-electron chi connectivity index (χ1n) is 6.80. The van der Waals surface area contributed by atoms with E-state index in [4.69, 9.17) is 9.47 Å². The predicted molar refractivity (Wildman–Crippen MR) is 77.4 cm³/mol. The summed E-state index contributed by atoms with van der Waals surface area (Å²) in [5, 5.41) is 1.93. The number of carbonyl (C=O) groups excluding carboxylic acids is 3. The highest BCUT2D eigenvalue weighted by atomic mass is 16.6. The second-order valence-electron chi connectivity index (χ2n) is 4.28. The monoisotopic (exact) mass is 309 g/mol. The SMILES string of the molecule is CCOC(=O)NC(=O)COC(=O)CCc1ccc(OC)cc1. The van der Waals surface area contributed by atoms with Gasteiger partial charge in [-0.05, 0) is 31.0 Å². The number of carbonyl (C=O) groups is 3. The van der Waals surface area contributed by atoms with Gasteiger partial charge in [-0.3, -0.25) is 14.9 Å². The summed E-state index contributed by atoms with van der Waals surface area (Å²) in [4.78, 5) is 33.7. The number of methoxy groups -OCH3 is 1. The molecular formula is C15H19NO6. The summed E-state index contributed by atoms with van der Waals surface area (Å²) in [6.45, 7) is 1.25. The van der Waals surface area contributed by atoms with Crippen molar-refractivity contribution in [1.29, 1.82) is 0 Å². The van der Waals surface area contributed by atoms with Gasteiger partial charge in [-0.1, -0.05) is 12.1 Å². The highest BCUT2D eigenvalue weighted by molar-refractivity contribution is 5.93. The van der Waals surface area contributed by atoms with Crippen molar-refractivity contribution in [1.82, 2.24) is 5.32 Å². The molecule has 0 atom stereocenters. The van der Waals surface area contributed by atoms with E-state index in [1.54, 1.807) is 26.2 Å². The van der Waals surface area contributed by atoms with E-state index in [-0.39, 0.29) is 13.0 Å². The van der Waals surface area contributed by atoms with Crippen LogP contribution in [0.2, 0.25) is 0 Å². The molecule has 1 aromatic rings. The molecule has 0 aliphatic carbocycles. The number of hydrogen-bond acceptors (Lipinski definition) is 6. The molecule has 0 fully saturated rings. The lowest BCUT2D eigenvalue weighted by Crippen LogP contribution is -2.34. The van der Waals surface area contributed by atoms with Crippen molar-refractivity contribution in [2.75, 3.05) is 20.3 Å². The van der Waals surface area contributed by atoms with E-state index >= 15 is 0 Å². The van der Waals surface area contributed by atoms with Crippen LogP contribution in [0.3, 0.4) is 0 Å². The number of benzene rings is 1. The summed E-state index contributed by atoms with van der Waals surface area (Å²) in [5.41, 5.74) is 0.953. The number of nitrogens with one attached hydrogen (secondary N) is 1. The second kappa shape index (κ2) is 9.38. The van der Waals surface area contributed by atoms with Gasteiger partial charge in [0.25, 0.3) is 5.91 Å². The van der Waals surface area contributed by atoms with Gasteiger partial charge in [0.2, 0.25) is 0 Å². The Morgan fingerprint density at radius 1 is 1.09 bits per heavy atom. The van der Waals surface area contributed by atoms with Gasteiger partial charge in [0.05, 0.1) is 13.7 Å². The Hall–Kier alpha value is -2.57. The van der Waals surface area contributed by atoms with Crippen molar-refractivity contribution in [2.45, 2.75) is 19.8 Å². The van der Waals surface area contributed by atoms with Gasteiger partial charge in [-0.25, -0.2) is 4.79 Å². The van der Waals surface area contributed by atoms with E-state index in [2.05, 4.69) is 4.74 Å². The number of ether oxygens (including phenoxy) is 3. The maximum absolute atomic E-state index is 11.5. The fourth-order valence-corrected chi connectivity index (χ4v) is 1.57. The van der Waals surface area contributed by atoms with E-state index in [0.29, 0.717) is 6.42 Å². The Bertz CT molecular complexity index is 511. The van der Waals surface area contributed by atoms with Crippen LogP contribution < -0.4 is 10.1 Å². The van der Waals surface area contributed by atoms with E-state index in [0.717, 1.165) is 11.3 Å². The number of aryl methyl sites for hydroxylation is 1. The summed E-state index contributed by atoms with van der Waals surface area (Å²) in [6.07, 6.45) is -0.233. The number of alkyl carbamates (subject to hydrolysis) is 1. The molecule has 22 heavy (non-hydrogen) atoms. The van der Waals surface area contributed by atoms with Crippen molar-refractivity contribution in [2.24, 2.45) is 0 Å². The minimum absolute atomic E-state index is 0.138. The van der Waals surface area contributed by atoms with Crippen molar-refractivity contribution in [3.63, 3.8) is 0 Å². The zero-order valence-corrected chi connectivity index (χ0v) is 12.6. The second-order valence-corrected chi connectivity index (χ2v) is 4.28. The van der Waals surface area contributed by atoms with Crippen LogP contribution >= 0.6 is 0 Å². The molecule has 1 N–H and O–H groups in total. The highest BCUT2D eigenvalue weighted by Crippen LogP contribution is 2.12. The molecule has 2 amide bonds. The molecule has 0 spiro atoms. The molecule has 1 rings (SSSR count). The summed E-state index contributed by atoms with van der Waals surface area (Å²) in [7, 11) is 1.58. The first-order chi connectivity index (χ1) is 10.5. The molecule has 7 nitrogen and oxygen atoms in total. The third kappa shape index (κ3) is 6.74. The number of amides is 2. The number of hydrogen-bond donors (Lipinski definition) is 1. The first kappa shape index (κ1) is 17.5. The zero-order valence-electron chi connectivity index (χ0n) is 12.6. The minimum atomic E-state index is -0.859. The topological polar surface area (TPSA) is 90.9 Å². The van der Waals surface area contributed by atoms with E-state index in [9.17, 15) is 14.4 Å². The molecule has 0 saturated heterocycles. The fraction of sp³-hybridized carbons (Fsp3) is 0.400. The van der Waals surface area contributed by atoms with Crippen LogP contribution in [0.4, 0.5) is 4.79 Å². The largest absolute Gasteiger partial charge is 0.497 e. The van der Waals surface area contributed by atoms with Crippen molar-refractivity contribution in [3.05, 3.63) is 29.8 Å². The predicted octanol–water partition coefficient (Wildman–Crippen LogP) is 1.44. The van der Waals surface area contributed by atoms with Crippen LogP contribution in [0.25, 0.3) is 0 Å². The van der Waals surface area contributed by atoms with Crippen molar-refractivity contribution < 1.29 is 28.6 Å². The van der Waals surface area contributed by atoms with Crippen molar-refractivity contribution in [3.8, 4) is 5.75 Å². The summed E-state index contributed by atoms with van der Waals surface area (Å²) >= 11 is 0. The molecule has 0 heterocycles. The standard InChI is InChI=1S/C15H19NO6/c1-3-21-15(19)16-13(17)10-22-14(18)9-6-11-4-7-12(20-2)8-5-11/h4-5,7-8H,3,6,9-10H2,1-2H3,(H,16,17,19). The van der Waals surface area contributed by atoms with Gasteiger partial charge < -0.3 is 14.2 Å². The Kier molecular flexibility index (Phi) is 7.45. The maximum atomic E-state index is 11.5. The van der Waals surface area contributed by atoms with Crippen LogP contribution in [0.15, 0.2) is 24.3 Å². The molecule has 0 unspecified atom stereocenters. The fourth-order valence-electron chi connectivity index (χ4n) is 1.57. The molecule has 0 bridgehead atoms. The summed E-state index contributed by atoms with van der Waals surface area (Å²) < 4.78 is 14.3. The van der Waals surface area contributed by atoms with Crippen LogP contribution in [-0.2, 0) is 25.5 Å². The number of esters is 1. The lowest BCUT2D eigenvalue weighted by molar-refractivity contribution is -0.148. The number of rotatable bonds is 7. The lowest BCUT2D eigenvalue weighted by atomic mass is 10.1. The lowest BCUT2D eigenvalue weighted by Gasteiger charge is -2.06. The number of imide groups is 1. The molecule has 0 aliphatic rings. The Balaban J connectivity index is 2.25. The van der Waals surface area contributed by atoms with Crippen LogP contribution in [-0.4, -0.2) is 38.3 Å². The van der Waals surface area contributed by atoms with Gasteiger partial charge in [0, 0.05) is 6.42 Å². The van der Waals surface area contributed by atoms with Crippen LogP contribution in [0.1, 0.15) is 18.9 Å². The smallest absolute Gasteiger partial charge is 0.413 e. The maximum Gasteiger partial charge on any atom is 0.413 e. The van der Waals surface area contributed by atoms with Crippen LogP contribution in [0, 0.1) is 0 Å². The minimum Gasteiger partial charge on any atom is -0.497 e. The average molecular weight is 309 g/mol. The molecule has 0 saturated carbocycles. The van der Waals surface area contributed by atoms with E-state index in [1.807, 2.05) is 17.4 Å². The Morgan fingerprint density at radius 3 is 2.36 bits per heavy atom. The molecule has 120 valence electrons. The molecular weight excluding hydrogens is 290 g/mol. The molecule has 1 aromatic carbocycles. The average Bonchev–Trinajstić information content (AvgIpc) is 2.51. The quantitative estimate of drug-likeness (QED) is 0.766. The normalized spacial score (nSPS) is 9.73. The van der Waals surface area contributed by atoms with E-state index in [1.165, 1.54) is 0 Å². The van der Waals surface area contributed by atoms with E-state index < -0.39 is 24.6 Å². The summed E-state index contributed by atoms with van der Waals surface area (Å²) in [5.74, 6) is -0.506. The molecule has 0 aromatic heterocycles. The molecule has 0 radical (unpaired) electrons. The molecule has 0 aliphatic heterocycles. The van der Waals surface area contributed by atoms with Gasteiger partial charge in [0.15, 0.2) is 6.61 Å². The third-order valence-corrected chi connectivity index (χ3v) is 2.66. The Labute approximate surface area is 128 Å². The highest BCUT2D eigenvalue weighted by Gasteiger charge is 2.11. The van der Waals surface area contributed by atoms with Gasteiger partial charge >= 0.3 is 12.1 Å². The van der Waals surface area contributed by atoms with Crippen LogP contribution in [0.5, 0.6) is 5.75 Å². The zero-order chi connectivity index (χ0) is 16.4. The Morgan fingerprint density at radius 2 is 1.77 bits per heavy atom. The van der Waals surface area contributed by atoms with Gasteiger partial charge in [-0.2, -0.15) is 0 Å².